The van der Waals surface area contributed by atoms with Crippen molar-refractivity contribution in [2.75, 3.05) is 20.8 Å². The van der Waals surface area contributed by atoms with Crippen molar-refractivity contribution in [2.24, 2.45) is 0 Å². The minimum absolute atomic E-state index is 0.117. The van der Waals surface area contributed by atoms with Gasteiger partial charge in [0, 0.05) is 14.0 Å². The van der Waals surface area contributed by atoms with E-state index in [1.165, 1.54) is 21.1 Å². The van der Waals surface area contributed by atoms with E-state index in [4.69, 9.17) is 4.74 Å². The zero-order chi connectivity index (χ0) is 9.56. The number of carbonyl (C=O) groups is 2. The second-order valence-electron chi connectivity index (χ2n) is 2.23. The molecule has 5 nitrogen and oxygen atoms in total. The number of hydrogen-bond donors (Lipinski definition) is 1. The number of hydrogen-bond acceptors (Lipinski definition) is 4. The lowest BCUT2D eigenvalue weighted by atomic mass is 10.3. The van der Waals surface area contributed by atoms with E-state index in [0.717, 1.165) is 0 Å². The zero-order valence-electron chi connectivity index (χ0n) is 7.42. The first-order valence-corrected chi connectivity index (χ1v) is 3.45. The molecule has 0 aliphatic heterocycles. The van der Waals surface area contributed by atoms with E-state index in [9.17, 15) is 9.59 Å². The largest absolute Gasteiger partial charge is 0.467 e. The molecule has 0 aromatic heterocycles. The molecule has 0 unspecified atom stereocenters. The van der Waals surface area contributed by atoms with Crippen LogP contribution in [0, 0.1) is 0 Å². The maximum Gasteiger partial charge on any atom is 0.330 e. The molecule has 5 heteroatoms. The van der Waals surface area contributed by atoms with Crippen LogP contribution in [0.4, 0.5) is 0 Å². The number of ether oxygens (including phenoxy) is 2. The van der Waals surface area contributed by atoms with E-state index in [-0.39, 0.29) is 12.5 Å². The summed E-state index contributed by atoms with van der Waals surface area (Å²) in [5, 5.41) is 2.39. The van der Waals surface area contributed by atoms with Gasteiger partial charge in [-0.3, -0.25) is 4.79 Å². The van der Waals surface area contributed by atoms with Crippen LogP contribution in [0.5, 0.6) is 0 Å². The van der Waals surface area contributed by atoms with E-state index in [0.29, 0.717) is 0 Å². The van der Waals surface area contributed by atoms with Gasteiger partial charge in [-0.2, -0.15) is 0 Å². The van der Waals surface area contributed by atoms with Crippen molar-refractivity contribution in [3.05, 3.63) is 0 Å². The minimum atomic E-state index is -0.711. The summed E-state index contributed by atoms with van der Waals surface area (Å²) in [5.74, 6) is -0.797. The molecule has 0 bridgehead atoms. The molecule has 12 heavy (non-hydrogen) atoms. The molecule has 0 aromatic carbocycles. The molecule has 0 saturated carbocycles. The van der Waals surface area contributed by atoms with Crippen LogP contribution in [0.15, 0.2) is 0 Å². The first-order valence-electron chi connectivity index (χ1n) is 3.45. The van der Waals surface area contributed by atoms with Crippen LogP contribution in [0.25, 0.3) is 0 Å². The molecule has 0 fully saturated rings. The van der Waals surface area contributed by atoms with Gasteiger partial charge in [-0.05, 0) is 0 Å². The highest BCUT2D eigenvalue weighted by molar-refractivity contribution is 5.83. The van der Waals surface area contributed by atoms with Crippen molar-refractivity contribution in [1.82, 2.24) is 5.32 Å². The van der Waals surface area contributed by atoms with Gasteiger partial charge in [0.05, 0.1) is 13.7 Å². The Morgan fingerprint density at radius 2 is 2.00 bits per heavy atom. The van der Waals surface area contributed by atoms with Gasteiger partial charge in [0.1, 0.15) is 0 Å². The Balaban J connectivity index is 4.02. The number of methoxy groups -OCH3 is 2. The second-order valence-corrected chi connectivity index (χ2v) is 2.23. The Morgan fingerprint density at radius 1 is 1.42 bits per heavy atom. The topological polar surface area (TPSA) is 64.6 Å². The zero-order valence-corrected chi connectivity index (χ0v) is 7.42. The second kappa shape index (κ2) is 5.54. The third-order valence-corrected chi connectivity index (χ3v) is 1.20. The maximum atomic E-state index is 10.9. The van der Waals surface area contributed by atoms with E-state index < -0.39 is 12.0 Å². The van der Waals surface area contributed by atoms with Crippen LogP contribution >= 0.6 is 0 Å². The molecule has 0 spiro atoms. The molecule has 0 aliphatic carbocycles. The fourth-order valence-corrected chi connectivity index (χ4v) is 0.723. The lowest BCUT2D eigenvalue weighted by Crippen LogP contribution is -2.43. The number of rotatable bonds is 4. The first kappa shape index (κ1) is 10.9. The van der Waals surface area contributed by atoms with Crippen molar-refractivity contribution in [2.45, 2.75) is 13.0 Å². The van der Waals surface area contributed by atoms with Gasteiger partial charge in [-0.1, -0.05) is 0 Å². The molecular formula is C7H13NO4. The molecule has 0 aliphatic rings. The highest BCUT2D eigenvalue weighted by Gasteiger charge is 2.19. The lowest BCUT2D eigenvalue weighted by molar-refractivity contribution is -0.146. The summed E-state index contributed by atoms with van der Waals surface area (Å²) in [6, 6.07) is -0.711. The molecule has 0 aromatic rings. The smallest absolute Gasteiger partial charge is 0.330 e. The number of carbonyl (C=O) groups excluding carboxylic acids is 2. The van der Waals surface area contributed by atoms with Gasteiger partial charge in [0.2, 0.25) is 5.91 Å². The molecule has 1 N–H and O–H groups in total. The Labute approximate surface area is 71.0 Å². The fraction of sp³-hybridized carbons (Fsp3) is 0.714. The summed E-state index contributed by atoms with van der Waals surface area (Å²) in [5.41, 5.74) is 0. The normalized spacial score (nSPS) is 11.9. The Bertz CT molecular complexity index is 169. The molecule has 70 valence electrons. The summed E-state index contributed by atoms with van der Waals surface area (Å²) >= 11 is 0. The quantitative estimate of drug-likeness (QED) is 0.574. The van der Waals surface area contributed by atoms with E-state index >= 15 is 0 Å². The predicted octanol–water partition coefficient (Wildman–Crippen LogP) is -0.689. The minimum Gasteiger partial charge on any atom is -0.467 e. The number of amides is 1. The van der Waals surface area contributed by atoms with E-state index in [1.807, 2.05) is 0 Å². The van der Waals surface area contributed by atoms with Crippen LogP contribution in [-0.2, 0) is 19.1 Å². The van der Waals surface area contributed by atoms with Crippen LogP contribution in [0.3, 0.4) is 0 Å². The Kier molecular flexibility index (Phi) is 5.03. The average Bonchev–Trinajstić information content (AvgIpc) is 2.01. The van der Waals surface area contributed by atoms with Crippen LogP contribution in [0.1, 0.15) is 6.92 Å². The molecular weight excluding hydrogens is 162 g/mol. The van der Waals surface area contributed by atoms with Gasteiger partial charge in [0.15, 0.2) is 6.04 Å². The van der Waals surface area contributed by atoms with Crippen molar-refractivity contribution in [3.63, 3.8) is 0 Å². The third-order valence-electron chi connectivity index (χ3n) is 1.20. The maximum absolute atomic E-state index is 10.9. The number of nitrogens with one attached hydrogen (secondary N) is 1. The summed E-state index contributed by atoms with van der Waals surface area (Å²) in [6.07, 6.45) is 0. The van der Waals surface area contributed by atoms with Gasteiger partial charge < -0.3 is 14.8 Å². The lowest BCUT2D eigenvalue weighted by Gasteiger charge is -2.13. The van der Waals surface area contributed by atoms with Gasteiger partial charge >= 0.3 is 5.97 Å². The molecule has 0 radical (unpaired) electrons. The van der Waals surface area contributed by atoms with Gasteiger partial charge in [-0.15, -0.1) is 0 Å². The summed E-state index contributed by atoms with van der Waals surface area (Å²) < 4.78 is 9.14. The molecule has 0 saturated heterocycles. The SMILES string of the molecule is COC[C@@H](NC(C)=O)C(=O)OC. The standard InChI is InChI=1S/C7H13NO4/c1-5(9)8-6(4-11-2)7(10)12-3/h6H,4H2,1-3H3,(H,8,9)/t6-/m1/s1. The van der Waals surface area contributed by atoms with Crippen LogP contribution in [-0.4, -0.2) is 38.7 Å². The third kappa shape index (κ3) is 3.92. The van der Waals surface area contributed by atoms with Gasteiger partial charge in [-0.25, -0.2) is 4.79 Å². The first-order chi connectivity index (χ1) is 5.61. The molecule has 1 amide bonds. The predicted molar refractivity (Wildman–Crippen MR) is 41.5 cm³/mol. The van der Waals surface area contributed by atoms with E-state index in [2.05, 4.69) is 10.1 Å². The van der Waals surface area contributed by atoms with Crippen LogP contribution < -0.4 is 5.32 Å². The summed E-state index contributed by atoms with van der Waals surface area (Å²) in [7, 11) is 2.70. The fourth-order valence-electron chi connectivity index (χ4n) is 0.723. The van der Waals surface area contributed by atoms with E-state index in [1.54, 1.807) is 0 Å². The van der Waals surface area contributed by atoms with Crippen LogP contribution in [0.2, 0.25) is 0 Å². The van der Waals surface area contributed by atoms with Crippen molar-refractivity contribution in [1.29, 1.82) is 0 Å². The Morgan fingerprint density at radius 3 is 2.33 bits per heavy atom. The summed E-state index contributed by atoms with van der Waals surface area (Å²) in [4.78, 5) is 21.5. The number of esters is 1. The molecule has 0 heterocycles. The highest BCUT2D eigenvalue weighted by Crippen LogP contribution is 1.88. The van der Waals surface area contributed by atoms with Crippen molar-refractivity contribution in [3.8, 4) is 0 Å². The summed E-state index contributed by atoms with van der Waals surface area (Å²) in [6.45, 7) is 1.44. The van der Waals surface area contributed by atoms with Crippen molar-refractivity contribution < 1.29 is 19.1 Å². The monoisotopic (exact) mass is 175 g/mol. The van der Waals surface area contributed by atoms with Crippen molar-refractivity contribution >= 4 is 11.9 Å². The highest BCUT2D eigenvalue weighted by atomic mass is 16.5. The molecule has 1 atom stereocenters. The van der Waals surface area contributed by atoms with Gasteiger partial charge in [0.25, 0.3) is 0 Å². The molecule has 0 rings (SSSR count). The Hall–Kier alpha value is -1.10. The average molecular weight is 175 g/mol.